The standard InChI is InChI=1S/C23H26N4O7S/c1-23(30,15-5-3-2-4-6-15)16-8-20(33-12-16)21(29)18-10-25-13-26-22(18)27-17-7-14(19(28)9-17)11-34-35(24,31)32/h2-6,8,10,12-14,17,19,28,30H,7,9,11H2,1H3,(H2,24,31,32)(H,25,26,27)/t14-,17-,19+,23?/m1/s1. The first-order valence-corrected chi connectivity index (χ1v) is 12.3. The lowest BCUT2D eigenvalue weighted by Crippen LogP contribution is -2.24. The van der Waals surface area contributed by atoms with Crippen molar-refractivity contribution in [3.8, 4) is 0 Å². The van der Waals surface area contributed by atoms with Crippen LogP contribution >= 0.6 is 0 Å². The summed E-state index contributed by atoms with van der Waals surface area (Å²) >= 11 is 0. The molecule has 1 aliphatic carbocycles. The number of aromatic nitrogens is 2. The van der Waals surface area contributed by atoms with E-state index >= 15 is 0 Å². The fourth-order valence-corrected chi connectivity index (χ4v) is 4.52. The van der Waals surface area contributed by atoms with Gasteiger partial charge in [-0.1, -0.05) is 30.3 Å². The molecular formula is C23H26N4O7S. The molecule has 0 saturated heterocycles. The van der Waals surface area contributed by atoms with Gasteiger partial charge in [-0.3, -0.25) is 8.98 Å². The molecule has 12 heteroatoms. The highest BCUT2D eigenvalue weighted by Crippen LogP contribution is 2.32. The Bertz CT molecular complexity index is 1290. The summed E-state index contributed by atoms with van der Waals surface area (Å²) < 4.78 is 32.2. The molecule has 1 fully saturated rings. The van der Waals surface area contributed by atoms with Crippen molar-refractivity contribution in [1.29, 1.82) is 0 Å². The van der Waals surface area contributed by atoms with E-state index in [0.717, 1.165) is 0 Å². The summed E-state index contributed by atoms with van der Waals surface area (Å²) in [6, 6.07) is 10.2. The second-order valence-corrected chi connectivity index (χ2v) is 9.89. The van der Waals surface area contributed by atoms with Gasteiger partial charge in [-0.05, 0) is 31.4 Å². The van der Waals surface area contributed by atoms with E-state index in [2.05, 4.69) is 19.5 Å². The zero-order valence-corrected chi connectivity index (χ0v) is 19.7. The van der Waals surface area contributed by atoms with Crippen LogP contribution in [-0.2, 0) is 20.1 Å². The van der Waals surface area contributed by atoms with E-state index in [4.69, 9.17) is 9.56 Å². The van der Waals surface area contributed by atoms with E-state index in [-0.39, 0.29) is 29.8 Å². The molecule has 0 aliphatic heterocycles. The highest BCUT2D eigenvalue weighted by Gasteiger charge is 2.35. The highest BCUT2D eigenvalue weighted by atomic mass is 32.2. The largest absolute Gasteiger partial charge is 0.460 e. The maximum atomic E-state index is 13.2. The van der Waals surface area contributed by atoms with Crippen molar-refractivity contribution in [3.05, 3.63) is 77.6 Å². The first-order chi connectivity index (χ1) is 16.5. The summed E-state index contributed by atoms with van der Waals surface area (Å²) in [7, 11) is -4.11. The lowest BCUT2D eigenvalue weighted by atomic mass is 9.90. The van der Waals surface area contributed by atoms with Crippen molar-refractivity contribution >= 4 is 21.9 Å². The van der Waals surface area contributed by atoms with E-state index in [1.54, 1.807) is 31.2 Å². The Hall–Kier alpha value is -3.16. The molecule has 4 atom stereocenters. The molecule has 0 spiro atoms. The van der Waals surface area contributed by atoms with Gasteiger partial charge in [0, 0.05) is 23.7 Å². The summed E-state index contributed by atoms with van der Waals surface area (Å²) in [5.41, 5.74) is -0.168. The van der Waals surface area contributed by atoms with Crippen LogP contribution in [0.15, 0.2) is 59.6 Å². The van der Waals surface area contributed by atoms with Gasteiger partial charge in [0.15, 0.2) is 5.76 Å². The Kier molecular flexibility index (Phi) is 7.01. The summed E-state index contributed by atoms with van der Waals surface area (Å²) in [6.07, 6.45) is 3.81. The van der Waals surface area contributed by atoms with Crippen molar-refractivity contribution in [3.63, 3.8) is 0 Å². The van der Waals surface area contributed by atoms with Crippen LogP contribution in [0.3, 0.4) is 0 Å². The normalized spacial score (nSPS) is 22.0. The Morgan fingerprint density at radius 3 is 2.74 bits per heavy atom. The first-order valence-electron chi connectivity index (χ1n) is 10.9. The van der Waals surface area contributed by atoms with E-state index in [9.17, 15) is 23.4 Å². The van der Waals surface area contributed by atoms with Crippen molar-refractivity contribution in [2.45, 2.75) is 37.5 Å². The first kappa shape index (κ1) is 24.9. The number of hydrogen-bond donors (Lipinski definition) is 4. The maximum absolute atomic E-state index is 13.2. The van der Waals surface area contributed by atoms with Crippen LogP contribution in [0.25, 0.3) is 0 Å². The zero-order chi connectivity index (χ0) is 25.2. The van der Waals surface area contributed by atoms with Crippen molar-refractivity contribution in [1.82, 2.24) is 9.97 Å². The molecule has 35 heavy (non-hydrogen) atoms. The molecular weight excluding hydrogens is 476 g/mol. The van der Waals surface area contributed by atoms with Gasteiger partial charge in [0.1, 0.15) is 17.7 Å². The van der Waals surface area contributed by atoms with E-state index in [1.807, 2.05) is 6.07 Å². The highest BCUT2D eigenvalue weighted by molar-refractivity contribution is 7.84. The SMILES string of the molecule is CC(O)(c1ccccc1)c1coc(C(=O)c2cncnc2N[C@@H]2C[C@H](COS(N)(=O)=O)[C@@H](O)C2)c1. The molecule has 5 N–H and O–H groups in total. The number of benzene rings is 1. The Morgan fingerprint density at radius 2 is 2.03 bits per heavy atom. The monoisotopic (exact) mass is 502 g/mol. The third-order valence-corrected chi connectivity index (χ3v) is 6.59. The molecule has 0 bridgehead atoms. The second kappa shape index (κ2) is 9.84. The van der Waals surface area contributed by atoms with Crippen LogP contribution in [0.1, 0.15) is 47.0 Å². The van der Waals surface area contributed by atoms with E-state index < -0.39 is 33.7 Å². The lowest BCUT2D eigenvalue weighted by molar-refractivity contribution is 0.100. The summed E-state index contributed by atoms with van der Waals surface area (Å²) in [5, 5.41) is 29.3. The average Bonchev–Trinajstić information content (AvgIpc) is 3.45. The average molecular weight is 503 g/mol. The van der Waals surface area contributed by atoms with Gasteiger partial charge in [-0.25, -0.2) is 15.1 Å². The molecule has 0 radical (unpaired) electrons. The zero-order valence-electron chi connectivity index (χ0n) is 18.9. The lowest BCUT2D eigenvalue weighted by Gasteiger charge is -2.22. The minimum atomic E-state index is -4.11. The number of carbonyl (C=O) groups is 1. The molecule has 4 rings (SSSR count). The number of aliphatic hydroxyl groups excluding tert-OH is 1. The van der Waals surface area contributed by atoms with E-state index in [1.165, 1.54) is 24.9 Å². The van der Waals surface area contributed by atoms with Gasteiger partial charge < -0.3 is 19.9 Å². The number of carbonyl (C=O) groups excluding carboxylic acids is 1. The maximum Gasteiger partial charge on any atom is 0.333 e. The van der Waals surface area contributed by atoms with Crippen molar-refractivity contribution in [2.75, 3.05) is 11.9 Å². The molecule has 2 aromatic heterocycles. The smallest absolute Gasteiger partial charge is 0.333 e. The summed E-state index contributed by atoms with van der Waals surface area (Å²) in [5.74, 6) is -0.710. The Morgan fingerprint density at radius 1 is 1.29 bits per heavy atom. The number of nitrogens with two attached hydrogens (primary N) is 1. The molecule has 11 nitrogen and oxygen atoms in total. The minimum absolute atomic E-state index is 0.0000540. The molecule has 3 aromatic rings. The molecule has 186 valence electrons. The predicted octanol–water partition coefficient (Wildman–Crippen LogP) is 1.33. The van der Waals surface area contributed by atoms with Crippen LogP contribution < -0.4 is 10.5 Å². The summed E-state index contributed by atoms with van der Waals surface area (Å²) in [6.45, 7) is 1.37. The number of ketones is 1. The van der Waals surface area contributed by atoms with Crippen LogP contribution in [0.5, 0.6) is 0 Å². The minimum Gasteiger partial charge on any atom is -0.460 e. The van der Waals surface area contributed by atoms with Gasteiger partial charge in [0.2, 0.25) is 5.78 Å². The van der Waals surface area contributed by atoms with Crippen LogP contribution in [-0.4, -0.2) is 53.1 Å². The number of rotatable bonds is 9. The Labute approximate surface area is 202 Å². The number of hydrogen-bond acceptors (Lipinski definition) is 10. The van der Waals surface area contributed by atoms with Crippen LogP contribution in [0.4, 0.5) is 5.82 Å². The molecule has 1 saturated carbocycles. The number of furan rings is 1. The number of aliphatic hydroxyl groups is 2. The van der Waals surface area contributed by atoms with Crippen molar-refractivity contribution in [2.24, 2.45) is 11.1 Å². The summed E-state index contributed by atoms with van der Waals surface area (Å²) in [4.78, 5) is 21.3. The third-order valence-electron chi connectivity index (χ3n) is 6.12. The third kappa shape index (κ3) is 5.74. The molecule has 2 heterocycles. The van der Waals surface area contributed by atoms with E-state index in [0.29, 0.717) is 24.0 Å². The van der Waals surface area contributed by atoms with Gasteiger partial charge in [-0.2, -0.15) is 8.42 Å². The molecule has 1 aromatic carbocycles. The van der Waals surface area contributed by atoms with Crippen LogP contribution in [0, 0.1) is 5.92 Å². The quantitative estimate of drug-likeness (QED) is 0.312. The molecule has 1 unspecified atom stereocenters. The fraction of sp³-hybridized carbons (Fsp3) is 0.348. The van der Waals surface area contributed by atoms with Gasteiger partial charge in [0.25, 0.3) is 0 Å². The van der Waals surface area contributed by atoms with Crippen molar-refractivity contribution < 1.29 is 32.0 Å². The number of nitrogens with zero attached hydrogens (tertiary/aromatic N) is 2. The van der Waals surface area contributed by atoms with Crippen LogP contribution in [0.2, 0.25) is 0 Å². The fourth-order valence-electron chi connectivity index (χ4n) is 4.16. The topological polar surface area (TPSA) is 178 Å². The van der Waals surface area contributed by atoms with Gasteiger partial charge in [0.05, 0.1) is 24.5 Å². The van der Waals surface area contributed by atoms with Gasteiger partial charge >= 0.3 is 10.3 Å². The second-order valence-electron chi connectivity index (χ2n) is 8.67. The predicted molar refractivity (Wildman–Crippen MR) is 124 cm³/mol. The number of nitrogens with one attached hydrogen (secondary N) is 1. The van der Waals surface area contributed by atoms with Gasteiger partial charge in [-0.15, -0.1) is 0 Å². The Balaban J connectivity index is 1.50. The molecule has 0 amide bonds. The molecule has 1 aliphatic rings. The number of anilines is 1.